The summed E-state index contributed by atoms with van der Waals surface area (Å²) in [6.07, 6.45) is 1.09. The molecule has 2 N–H and O–H groups in total. The van der Waals surface area contributed by atoms with Gasteiger partial charge in [-0.15, -0.1) is 0 Å². The predicted molar refractivity (Wildman–Crippen MR) is 99.0 cm³/mol. The number of likely N-dealkylation sites (N-methyl/N-ethyl adjacent to an activating group) is 1. The van der Waals surface area contributed by atoms with Gasteiger partial charge in [0.25, 0.3) is 5.91 Å². The summed E-state index contributed by atoms with van der Waals surface area (Å²) >= 11 is 0. The van der Waals surface area contributed by atoms with Crippen LogP contribution < -0.4 is 10.2 Å². The summed E-state index contributed by atoms with van der Waals surface area (Å²) in [6, 6.07) is 0.498. The quantitative estimate of drug-likeness (QED) is 0.797. The number of rotatable bonds is 6. The largest absolute Gasteiger partial charge is 0.396 e. The summed E-state index contributed by atoms with van der Waals surface area (Å²) in [5.74, 6) is 0.748. The second-order valence-corrected chi connectivity index (χ2v) is 7.94. The van der Waals surface area contributed by atoms with Crippen LogP contribution in [0.5, 0.6) is 0 Å². The number of carbonyl (C=O) groups is 1. The molecule has 0 spiro atoms. The monoisotopic (exact) mass is 349 g/mol. The van der Waals surface area contributed by atoms with Gasteiger partial charge in [-0.3, -0.25) is 4.79 Å². The average molecular weight is 349 g/mol. The Morgan fingerprint density at radius 1 is 1.36 bits per heavy atom. The van der Waals surface area contributed by atoms with Crippen molar-refractivity contribution in [3.63, 3.8) is 0 Å². The molecule has 1 aromatic heterocycles. The average Bonchev–Trinajstić information content (AvgIpc) is 3.05. The lowest BCUT2D eigenvalue weighted by molar-refractivity contribution is 0.0900. The van der Waals surface area contributed by atoms with Crippen molar-refractivity contribution < 1.29 is 9.90 Å². The van der Waals surface area contributed by atoms with E-state index in [1.807, 2.05) is 27.7 Å². The van der Waals surface area contributed by atoms with E-state index in [-0.39, 0.29) is 23.8 Å². The van der Waals surface area contributed by atoms with Crippen LogP contribution in [0, 0.1) is 19.3 Å². The van der Waals surface area contributed by atoms with Crippen molar-refractivity contribution >= 4 is 11.7 Å². The van der Waals surface area contributed by atoms with Gasteiger partial charge in [0.2, 0.25) is 5.82 Å². The molecule has 0 unspecified atom stereocenters. The van der Waals surface area contributed by atoms with Crippen LogP contribution in [0.15, 0.2) is 0 Å². The molecule has 0 bridgehead atoms. The van der Waals surface area contributed by atoms with Gasteiger partial charge in [0.05, 0.1) is 0 Å². The SMILES string of the molecule is Cc1nc(C(=O)NCC(C)(C)CO)nc(N2CC[C@@H](N(C)C)C2)c1C. The molecule has 7 nitrogen and oxygen atoms in total. The first kappa shape index (κ1) is 19.6. The molecule has 140 valence electrons. The molecule has 0 radical (unpaired) electrons. The van der Waals surface area contributed by atoms with E-state index in [1.54, 1.807) is 0 Å². The van der Waals surface area contributed by atoms with Crippen LogP contribution in [0.2, 0.25) is 0 Å². The van der Waals surface area contributed by atoms with Crippen LogP contribution in [0.4, 0.5) is 5.82 Å². The lowest BCUT2D eigenvalue weighted by Gasteiger charge is -2.24. The number of aliphatic hydroxyl groups excluding tert-OH is 1. The Labute approximate surface area is 150 Å². The zero-order valence-electron chi connectivity index (χ0n) is 16.3. The molecule has 0 aromatic carbocycles. The molecule has 1 aliphatic heterocycles. The Morgan fingerprint density at radius 2 is 2.04 bits per heavy atom. The van der Waals surface area contributed by atoms with Gasteiger partial charge < -0.3 is 20.2 Å². The van der Waals surface area contributed by atoms with E-state index in [0.29, 0.717) is 12.6 Å². The number of aromatic nitrogens is 2. The van der Waals surface area contributed by atoms with E-state index in [2.05, 4.69) is 39.2 Å². The molecule has 1 amide bonds. The van der Waals surface area contributed by atoms with Gasteiger partial charge in [-0.1, -0.05) is 13.8 Å². The summed E-state index contributed by atoms with van der Waals surface area (Å²) in [7, 11) is 4.18. The number of nitrogens with one attached hydrogen (secondary N) is 1. The highest BCUT2D eigenvalue weighted by Crippen LogP contribution is 2.25. The number of hydrogen-bond donors (Lipinski definition) is 2. The van der Waals surface area contributed by atoms with Crippen LogP contribution in [0.25, 0.3) is 0 Å². The number of amides is 1. The topological polar surface area (TPSA) is 81.6 Å². The van der Waals surface area contributed by atoms with Gasteiger partial charge in [-0.25, -0.2) is 9.97 Å². The standard InChI is InChI=1S/C18H31N5O2/c1-12-13(2)20-15(17(25)19-10-18(3,4)11-24)21-16(12)23-8-7-14(9-23)22(5)6/h14,24H,7-11H2,1-6H3,(H,19,25)/t14-/m1/s1. The van der Waals surface area contributed by atoms with Crippen LogP contribution >= 0.6 is 0 Å². The third kappa shape index (κ3) is 4.67. The minimum Gasteiger partial charge on any atom is -0.396 e. The molecule has 7 heteroatoms. The highest BCUT2D eigenvalue weighted by atomic mass is 16.3. The molecule has 1 saturated heterocycles. The van der Waals surface area contributed by atoms with Crippen molar-refractivity contribution in [2.75, 3.05) is 45.2 Å². The lowest BCUT2D eigenvalue weighted by atomic mass is 9.95. The summed E-state index contributed by atoms with van der Waals surface area (Å²) in [5, 5.41) is 12.2. The van der Waals surface area contributed by atoms with Crippen molar-refractivity contribution in [2.24, 2.45) is 5.41 Å². The third-order valence-corrected chi connectivity index (χ3v) is 4.92. The van der Waals surface area contributed by atoms with Gasteiger partial charge in [0.1, 0.15) is 5.82 Å². The van der Waals surface area contributed by atoms with E-state index in [4.69, 9.17) is 0 Å². The van der Waals surface area contributed by atoms with E-state index < -0.39 is 0 Å². The molecule has 2 heterocycles. The van der Waals surface area contributed by atoms with Gasteiger partial charge in [0, 0.05) is 49.0 Å². The zero-order valence-corrected chi connectivity index (χ0v) is 16.3. The molecule has 1 fully saturated rings. The van der Waals surface area contributed by atoms with Crippen LogP contribution in [0.1, 0.15) is 42.1 Å². The van der Waals surface area contributed by atoms with E-state index in [1.165, 1.54) is 0 Å². The molecule has 0 aliphatic carbocycles. The minimum atomic E-state index is -0.369. The maximum atomic E-state index is 12.5. The molecular formula is C18H31N5O2. The van der Waals surface area contributed by atoms with Crippen molar-refractivity contribution in [3.8, 4) is 0 Å². The Morgan fingerprint density at radius 3 is 2.60 bits per heavy atom. The van der Waals surface area contributed by atoms with Crippen molar-refractivity contribution in [1.82, 2.24) is 20.2 Å². The first-order valence-electron chi connectivity index (χ1n) is 8.80. The molecule has 0 saturated carbocycles. The number of aliphatic hydroxyl groups is 1. The Hall–Kier alpha value is -1.73. The van der Waals surface area contributed by atoms with Gasteiger partial charge in [0.15, 0.2) is 0 Å². The zero-order chi connectivity index (χ0) is 18.8. The molecule has 25 heavy (non-hydrogen) atoms. The lowest BCUT2D eigenvalue weighted by Crippen LogP contribution is -2.37. The van der Waals surface area contributed by atoms with Crippen molar-refractivity contribution in [1.29, 1.82) is 0 Å². The normalized spacial score (nSPS) is 18.1. The third-order valence-electron chi connectivity index (χ3n) is 4.92. The Kier molecular flexibility index (Phi) is 6.00. The fraction of sp³-hybridized carbons (Fsp3) is 0.722. The highest BCUT2D eigenvalue weighted by Gasteiger charge is 2.28. The van der Waals surface area contributed by atoms with Gasteiger partial charge in [-0.05, 0) is 34.4 Å². The van der Waals surface area contributed by atoms with Crippen LogP contribution in [0.3, 0.4) is 0 Å². The fourth-order valence-electron chi connectivity index (χ4n) is 2.83. The van der Waals surface area contributed by atoms with E-state index >= 15 is 0 Å². The van der Waals surface area contributed by atoms with Crippen molar-refractivity contribution in [2.45, 2.75) is 40.2 Å². The maximum absolute atomic E-state index is 12.5. The Bertz CT molecular complexity index is 630. The van der Waals surface area contributed by atoms with Gasteiger partial charge >= 0.3 is 0 Å². The van der Waals surface area contributed by atoms with Gasteiger partial charge in [-0.2, -0.15) is 0 Å². The fourth-order valence-corrected chi connectivity index (χ4v) is 2.83. The minimum absolute atomic E-state index is 0.00597. The summed E-state index contributed by atoms with van der Waals surface area (Å²) in [6.45, 7) is 9.92. The number of nitrogens with zero attached hydrogens (tertiary/aromatic N) is 4. The molecule has 1 atom stereocenters. The first-order chi connectivity index (χ1) is 11.6. The number of anilines is 1. The molecule has 1 aromatic rings. The molecular weight excluding hydrogens is 318 g/mol. The number of hydrogen-bond acceptors (Lipinski definition) is 6. The van der Waals surface area contributed by atoms with Crippen LogP contribution in [-0.2, 0) is 0 Å². The first-order valence-corrected chi connectivity index (χ1v) is 8.80. The summed E-state index contributed by atoms with van der Waals surface area (Å²) < 4.78 is 0. The summed E-state index contributed by atoms with van der Waals surface area (Å²) in [5.41, 5.74) is 1.48. The Balaban J connectivity index is 2.19. The maximum Gasteiger partial charge on any atom is 0.289 e. The van der Waals surface area contributed by atoms with E-state index in [9.17, 15) is 9.90 Å². The summed E-state index contributed by atoms with van der Waals surface area (Å²) in [4.78, 5) is 25.9. The highest BCUT2D eigenvalue weighted by molar-refractivity contribution is 5.91. The van der Waals surface area contributed by atoms with Crippen LogP contribution in [-0.4, -0.2) is 72.3 Å². The number of aryl methyl sites for hydroxylation is 1. The molecule has 1 aliphatic rings. The van der Waals surface area contributed by atoms with E-state index in [0.717, 1.165) is 36.6 Å². The predicted octanol–water partition coefficient (Wildman–Crippen LogP) is 0.982. The number of carbonyl (C=O) groups excluding carboxylic acids is 1. The second kappa shape index (κ2) is 7.66. The second-order valence-electron chi connectivity index (χ2n) is 7.94. The smallest absolute Gasteiger partial charge is 0.289 e. The van der Waals surface area contributed by atoms with Crippen molar-refractivity contribution in [3.05, 3.63) is 17.1 Å². The molecule has 2 rings (SSSR count).